The molecule has 2 atom stereocenters. The summed E-state index contributed by atoms with van der Waals surface area (Å²) in [7, 11) is 2.11. The highest BCUT2D eigenvalue weighted by molar-refractivity contribution is 9.10. The van der Waals surface area contributed by atoms with E-state index in [1.807, 2.05) is 18.2 Å². The summed E-state index contributed by atoms with van der Waals surface area (Å²) in [4.78, 5) is 6.98. The summed E-state index contributed by atoms with van der Waals surface area (Å²) in [6.45, 7) is 1.68. The lowest BCUT2D eigenvalue weighted by Crippen LogP contribution is -2.40. The molecule has 0 bridgehead atoms. The van der Waals surface area contributed by atoms with Crippen molar-refractivity contribution in [2.45, 2.75) is 30.8 Å². The zero-order chi connectivity index (χ0) is 18.8. The van der Waals surface area contributed by atoms with E-state index in [-0.39, 0.29) is 17.2 Å². The maximum Gasteiger partial charge on any atom is 0.299 e. The van der Waals surface area contributed by atoms with Gasteiger partial charge in [-0.25, -0.2) is 0 Å². The first-order chi connectivity index (χ1) is 12.9. The van der Waals surface area contributed by atoms with Gasteiger partial charge in [0.05, 0.1) is 18.6 Å². The topological polar surface area (TPSA) is 27.6 Å². The van der Waals surface area contributed by atoms with Gasteiger partial charge in [-0.15, -0.1) is 0 Å². The summed E-state index contributed by atoms with van der Waals surface area (Å²) < 4.78 is 30.8. The number of fused-ring (bicyclic) bond motifs is 3. The van der Waals surface area contributed by atoms with Crippen LogP contribution in [-0.4, -0.2) is 36.9 Å². The van der Waals surface area contributed by atoms with Gasteiger partial charge in [0.2, 0.25) is 0 Å². The van der Waals surface area contributed by atoms with Crippen LogP contribution in [0.15, 0.2) is 45.9 Å². The lowest BCUT2D eigenvalue weighted by atomic mass is 9.99. The van der Waals surface area contributed by atoms with Crippen molar-refractivity contribution in [3.05, 3.63) is 57.6 Å². The number of rotatable bonds is 2. The molecule has 0 spiro atoms. The fraction of sp³-hybridized carbons (Fsp3) is 0.381. The van der Waals surface area contributed by atoms with Gasteiger partial charge >= 0.3 is 0 Å². The van der Waals surface area contributed by atoms with Crippen LogP contribution in [0.25, 0.3) is 11.1 Å². The fourth-order valence-corrected chi connectivity index (χ4v) is 4.90. The van der Waals surface area contributed by atoms with Gasteiger partial charge < -0.3 is 5.32 Å². The van der Waals surface area contributed by atoms with Crippen LogP contribution in [0.1, 0.15) is 35.6 Å². The molecule has 2 aliphatic heterocycles. The SMILES string of the molecule is CN1CCCC1C1=NCC(c2ccc3c(c2)C(F)(F)c2cc(Br)ccc2-3)N1. The number of nitrogens with one attached hydrogen (secondary N) is 1. The predicted molar refractivity (Wildman–Crippen MR) is 106 cm³/mol. The van der Waals surface area contributed by atoms with E-state index < -0.39 is 5.92 Å². The molecule has 0 saturated carbocycles. The summed E-state index contributed by atoms with van der Waals surface area (Å²) >= 11 is 3.31. The van der Waals surface area contributed by atoms with Crippen LogP contribution in [0.4, 0.5) is 8.78 Å². The zero-order valence-electron chi connectivity index (χ0n) is 15.0. The van der Waals surface area contributed by atoms with Crippen molar-refractivity contribution in [1.82, 2.24) is 10.2 Å². The minimum Gasteiger partial charge on any atom is -0.364 e. The Hall–Kier alpha value is -1.79. The number of aliphatic imine (C=N–C) groups is 1. The molecule has 1 aliphatic carbocycles. The maximum atomic E-state index is 15.1. The second-order valence-electron chi connectivity index (χ2n) is 7.63. The molecular formula is C21H20BrF2N3. The number of amidine groups is 1. The fourth-order valence-electron chi connectivity index (χ4n) is 4.53. The minimum atomic E-state index is -2.97. The Balaban J connectivity index is 1.45. The average molecular weight is 432 g/mol. The highest BCUT2D eigenvalue weighted by Gasteiger charge is 2.45. The van der Waals surface area contributed by atoms with Gasteiger partial charge in [-0.1, -0.05) is 34.1 Å². The van der Waals surface area contributed by atoms with E-state index in [2.05, 4.69) is 38.2 Å². The van der Waals surface area contributed by atoms with Crippen LogP contribution >= 0.6 is 15.9 Å². The monoisotopic (exact) mass is 431 g/mol. The van der Waals surface area contributed by atoms with E-state index in [1.165, 1.54) is 12.5 Å². The Labute approximate surface area is 165 Å². The van der Waals surface area contributed by atoms with Gasteiger partial charge in [-0.3, -0.25) is 9.89 Å². The molecule has 3 nitrogen and oxygen atoms in total. The quantitative estimate of drug-likeness (QED) is 0.745. The van der Waals surface area contributed by atoms with Gasteiger partial charge in [0.1, 0.15) is 5.84 Å². The first-order valence-corrected chi connectivity index (χ1v) is 10.1. The van der Waals surface area contributed by atoms with Crippen LogP contribution in [0.2, 0.25) is 0 Å². The molecule has 2 aromatic carbocycles. The highest BCUT2D eigenvalue weighted by Crippen LogP contribution is 2.52. The van der Waals surface area contributed by atoms with Crippen LogP contribution in [0, 0.1) is 0 Å². The number of benzene rings is 2. The van der Waals surface area contributed by atoms with Crippen LogP contribution in [-0.2, 0) is 5.92 Å². The smallest absolute Gasteiger partial charge is 0.299 e. The highest BCUT2D eigenvalue weighted by atomic mass is 79.9. The molecule has 1 fully saturated rings. The molecule has 0 aromatic heterocycles. The Bertz CT molecular complexity index is 956. The third-order valence-electron chi connectivity index (χ3n) is 6.00. The number of nitrogens with zero attached hydrogens (tertiary/aromatic N) is 2. The van der Waals surface area contributed by atoms with Crippen LogP contribution in [0.3, 0.4) is 0 Å². The molecule has 1 saturated heterocycles. The molecule has 1 N–H and O–H groups in total. The third kappa shape index (κ3) is 2.64. The largest absolute Gasteiger partial charge is 0.364 e. The van der Waals surface area contributed by atoms with Gasteiger partial charge in [0, 0.05) is 15.6 Å². The lowest BCUT2D eigenvalue weighted by molar-refractivity contribution is 0.0478. The number of alkyl halides is 2. The minimum absolute atomic E-state index is 0.0365. The Kier molecular flexibility index (Phi) is 3.92. The lowest BCUT2D eigenvalue weighted by Gasteiger charge is -2.22. The molecule has 2 heterocycles. The van der Waals surface area contributed by atoms with Crippen molar-refractivity contribution in [3.8, 4) is 11.1 Å². The summed E-state index contributed by atoms with van der Waals surface area (Å²) in [5, 5.41) is 3.48. The second-order valence-corrected chi connectivity index (χ2v) is 8.55. The van der Waals surface area contributed by atoms with Crippen molar-refractivity contribution in [3.63, 3.8) is 0 Å². The van der Waals surface area contributed by atoms with Gasteiger partial charge in [-0.2, -0.15) is 8.78 Å². The average Bonchev–Trinajstić information content (AvgIpc) is 3.34. The summed E-state index contributed by atoms with van der Waals surface area (Å²) in [6.07, 6.45) is 2.27. The van der Waals surface area contributed by atoms with Gasteiger partial charge in [0.15, 0.2) is 0 Å². The van der Waals surface area contributed by atoms with Crippen molar-refractivity contribution in [2.24, 2.45) is 4.99 Å². The van der Waals surface area contributed by atoms with E-state index >= 15 is 8.78 Å². The molecule has 140 valence electrons. The standard InChI is InChI=1S/C21H20BrF2N3/c1-27-8-2-3-19(27)20-25-11-18(26-20)12-4-6-14-15-7-5-13(22)10-17(15)21(23,24)16(14)9-12/h4-7,9-10,18-19H,2-3,8,11H2,1H3,(H,25,26). The van der Waals surface area contributed by atoms with Crippen molar-refractivity contribution < 1.29 is 8.78 Å². The molecule has 2 aromatic rings. The normalized spacial score (nSPS) is 25.9. The molecule has 0 radical (unpaired) electrons. The van der Waals surface area contributed by atoms with E-state index in [4.69, 9.17) is 0 Å². The van der Waals surface area contributed by atoms with Crippen molar-refractivity contribution in [1.29, 1.82) is 0 Å². The molecule has 0 amide bonds. The Morgan fingerprint density at radius 1 is 1.15 bits per heavy atom. The van der Waals surface area contributed by atoms with Crippen LogP contribution < -0.4 is 5.32 Å². The number of hydrogen-bond donors (Lipinski definition) is 1. The summed E-state index contributed by atoms with van der Waals surface area (Å²) in [6, 6.07) is 10.9. The van der Waals surface area contributed by atoms with E-state index in [0.717, 1.165) is 24.4 Å². The number of likely N-dealkylation sites (tertiary alicyclic amines) is 1. The van der Waals surface area contributed by atoms with Crippen LogP contribution in [0.5, 0.6) is 0 Å². The second kappa shape index (κ2) is 6.11. The maximum absolute atomic E-state index is 15.1. The van der Waals surface area contributed by atoms with Gasteiger partial charge in [-0.05, 0) is 61.3 Å². The number of halogens is 3. The first kappa shape index (κ1) is 17.3. The molecule has 27 heavy (non-hydrogen) atoms. The summed E-state index contributed by atoms with van der Waals surface area (Å²) in [5.74, 6) is -1.97. The van der Waals surface area contributed by atoms with Crippen molar-refractivity contribution >= 4 is 21.8 Å². The molecule has 3 aliphatic rings. The van der Waals surface area contributed by atoms with Crippen molar-refractivity contribution in [2.75, 3.05) is 20.1 Å². The third-order valence-corrected chi connectivity index (χ3v) is 6.49. The van der Waals surface area contributed by atoms with E-state index in [1.54, 1.807) is 12.1 Å². The summed E-state index contributed by atoms with van der Waals surface area (Å²) in [5.41, 5.74) is 2.29. The molecule has 6 heteroatoms. The molecule has 2 unspecified atom stereocenters. The Morgan fingerprint density at radius 3 is 2.63 bits per heavy atom. The number of likely N-dealkylation sites (N-methyl/N-ethyl adjacent to an activating group) is 1. The molecule has 5 rings (SSSR count). The predicted octanol–water partition coefficient (Wildman–Crippen LogP) is 4.71. The first-order valence-electron chi connectivity index (χ1n) is 9.29. The number of hydrogen-bond acceptors (Lipinski definition) is 3. The van der Waals surface area contributed by atoms with E-state index in [0.29, 0.717) is 28.2 Å². The molecular weight excluding hydrogens is 412 g/mol. The zero-order valence-corrected chi connectivity index (χ0v) is 16.6. The van der Waals surface area contributed by atoms with Gasteiger partial charge in [0.25, 0.3) is 5.92 Å². The Morgan fingerprint density at radius 2 is 1.89 bits per heavy atom. The van der Waals surface area contributed by atoms with E-state index in [9.17, 15) is 0 Å².